The van der Waals surface area contributed by atoms with Crippen LogP contribution >= 0.6 is 0 Å². The van der Waals surface area contributed by atoms with Crippen LogP contribution in [0.3, 0.4) is 0 Å². The predicted octanol–water partition coefficient (Wildman–Crippen LogP) is 3.14. The van der Waals surface area contributed by atoms with Gasteiger partial charge in [0.05, 0.1) is 5.97 Å². The number of nitrogens with one attached hydrogen (secondary N) is 1. The molecule has 1 amide bonds. The number of nitrogens with zero attached hydrogens (tertiary/aromatic N) is 2. The maximum absolute atomic E-state index is 13.0. The van der Waals surface area contributed by atoms with Crippen molar-refractivity contribution in [2.24, 2.45) is 0 Å². The van der Waals surface area contributed by atoms with Crippen LogP contribution in [0.15, 0.2) is 60.2 Å². The van der Waals surface area contributed by atoms with E-state index in [1.54, 1.807) is 25.1 Å². The average Bonchev–Trinajstić information content (AvgIpc) is 3.00. The van der Waals surface area contributed by atoms with Gasteiger partial charge in [0.2, 0.25) is 0 Å². The van der Waals surface area contributed by atoms with Crippen molar-refractivity contribution in [2.75, 3.05) is 5.32 Å². The SMILES string of the molecule is Cc1cc(/C=C(\C#N)C(=O)Nc2ccc(F)cc2)c(C)n1-c1cccc(C(=O)[O-])c1. The van der Waals surface area contributed by atoms with Gasteiger partial charge in [-0.3, -0.25) is 4.79 Å². The number of anilines is 1. The molecule has 2 aromatic carbocycles. The highest BCUT2D eigenvalue weighted by molar-refractivity contribution is 6.09. The number of rotatable bonds is 5. The molecule has 1 heterocycles. The Morgan fingerprint density at radius 2 is 1.83 bits per heavy atom. The van der Waals surface area contributed by atoms with Gasteiger partial charge in [0.15, 0.2) is 0 Å². The molecule has 1 N–H and O–H groups in total. The third kappa shape index (κ3) is 4.28. The Labute approximate surface area is 172 Å². The molecule has 1 aromatic heterocycles. The van der Waals surface area contributed by atoms with Crippen molar-refractivity contribution in [2.45, 2.75) is 13.8 Å². The van der Waals surface area contributed by atoms with Gasteiger partial charge in [0.1, 0.15) is 17.5 Å². The van der Waals surface area contributed by atoms with Crippen LogP contribution in [0.1, 0.15) is 27.3 Å². The largest absolute Gasteiger partial charge is 0.545 e. The van der Waals surface area contributed by atoms with Gasteiger partial charge < -0.3 is 19.8 Å². The lowest BCUT2D eigenvalue weighted by Crippen LogP contribution is -2.22. The highest BCUT2D eigenvalue weighted by atomic mass is 19.1. The highest BCUT2D eigenvalue weighted by Gasteiger charge is 2.14. The van der Waals surface area contributed by atoms with E-state index in [4.69, 9.17) is 0 Å². The van der Waals surface area contributed by atoms with Gasteiger partial charge in [-0.05, 0) is 73.5 Å². The van der Waals surface area contributed by atoms with E-state index in [1.165, 1.54) is 42.5 Å². The first kappa shape index (κ1) is 20.6. The van der Waals surface area contributed by atoms with Crippen LogP contribution in [0, 0.1) is 31.0 Å². The van der Waals surface area contributed by atoms with Gasteiger partial charge >= 0.3 is 0 Å². The van der Waals surface area contributed by atoms with Gasteiger partial charge in [-0.15, -0.1) is 0 Å². The topological polar surface area (TPSA) is 98.0 Å². The quantitative estimate of drug-likeness (QED) is 0.524. The van der Waals surface area contributed by atoms with Crippen molar-refractivity contribution < 1.29 is 19.1 Å². The standard InChI is InChI=1S/C23H18FN3O3/c1-14-10-17(15(2)27(14)21-5-3-4-16(12-21)23(29)30)11-18(13-25)22(28)26-20-8-6-19(24)7-9-20/h3-12H,1-2H3,(H,26,28)(H,29,30)/p-1/b18-11+. The van der Waals surface area contributed by atoms with E-state index in [9.17, 15) is 24.3 Å². The number of nitriles is 1. The maximum atomic E-state index is 13.0. The number of carbonyl (C=O) groups excluding carboxylic acids is 2. The molecule has 3 rings (SSSR count). The summed E-state index contributed by atoms with van der Waals surface area (Å²) >= 11 is 0. The van der Waals surface area contributed by atoms with Crippen LogP contribution < -0.4 is 10.4 Å². The van der Waals surface area contributed by atoms with Crippen molar-refractivity contribution in [1.82, 2.24) is 4.57 Å². The van der Waals surface area contributed by atoms with Crippen molar-refractivity contribution >= 4 is 23.6 Å². The molecule has 30 heavy (non-hydrogen) atoms. The molecule has 150 valence electrons. The fourth-order valence-electron chi connectivity index (χ4n) is 3.14. The van der Waals surface area contributed by atoms with Crippen LogP contribution in [-0.4, -0.2) is 16.4 Å². The Morgan fingerprint density at radius 1 is 1.13 bits per heavy atom. The molecule has 0 radical (unpaired) electrons. The van der Waals surface area contributed by atoms with Crippen molar-refractivity contribution in [1.29, 1.82) is 5.26 Å². The fraction of sp³-hybridized carbons (Fsp3) is 0.0870. The molecular weight excluding hydrogens is 385 g/mol. The smallest absolute Gasteiger partial charge is 0.266 e. The molecule has 0 aliphatic carbocycles. The molecule has 0 fully saturated rings. The molecule has 0 saturated heterocycles. The normalized spacial score (nSPS) is 11.1. The Balaban J connectivity index is 1.94. The van der Waals surface area contributed by atoms with Crippen LogP contribution in [0.5, 0.6) is 0 Å². The first-order chi connectivity index (χ1) is 14.3. The summed E-state index contributed by atoms with van der Waals surface area (Å²) in [5.41, 5.74) is 3.08. The van der Waals surface area contributed by atoms with E-state index in [1.807, 2.05) is 17.6 Å². The van der Waals surface area contributed by atoms with E-state index in [0.717, 1.165) is 11.4 Å². The van der Waals surface area contributed by atoms with E-state index < -0.39 is 17.7 Å². The summed E-state index contributed by atoms with van der Waals surface area (Å²) < 4.78 is 14.8. The lowest BCUT2D eigenvalue weighted by Gasteiger charge is -2.12. The fourth-order valence-corrected chi connectivity index (χ4v) is 3.14. The maximum Gasteiger partial charge on any atom is 0.266 e. The van der Waals surface area contributed by atoms with Gasteiger partial charge in [0, 0.05) is 22.8 Å². The van der Waals surface area contributed by atoms with E-state index in [-0.39, 0.29) is 11.1 Å². The van der Waals surface area contributed by atoms with Crippen LogP contribution in [-0.2, 0) is 4.79 Å². The molecule has 0 spiro atoms. The van der Waals surface area contributed by atoms with Gasteiger partial charge in [-0.2, -0.15) is 5.26 Å². The molecular formula is C23H17FN3O3-. The summed E-state index contributed by atoms with van der Waals surface area (Å²) in [4.78, 5) is 23.6. The lowest BCUT2D eigenvalue weighted by atomic mass is 10.1. The zero-order valence-electron chi connectivity index (χ0n) is 16.3. The van der Waals surface area contributed by atoms with E-state index >= 15 is 0 Å². The number of aromatic nitrogens is 1. The summed E-state index contributed by atoms with van der Waals surface area (Å²) in [6, 6.07) is 15.2. The monoisotopic (exact) mass is 402 g/mol. The number of hydrogen-bond donors (Lipinski definition) is 1. The molecule has 0 aliphatic rings. The first-order valence-corrected chi connectivity index (χ1v) is 8.99. The van der Waals surface area contributed by atoms with Gasteiger partial charge in [-0.25, -0.2) is 4.39 Å². The number of carboxylic acid groups (broad SMARTS) is 1. The number of halogens is 1. The highest BCUT2D eigenvalue weighted by Crippen LogP contribution is 2.24. The molecule has 6 nitrogen and oxygen atoms in total. The zero-order chi connectivity index (χ0) is 21.8. The number of aromatic carboxylic acids is 1. The number of aryl methyl sites for hydroxylation is 1. The Hall–Kier alpha value is -4.18. The van der Waals surface area contributed by atoms with Crippen LogP contribution in [0.2, 0.25) is 0 Å². The minimum absolute atomic E-state index is 0.0495. The molecule has 0 bridgehead atoms. The second-order valence-electron chi connectivity index (χ2n) is 6.63. The Bertz CT molecular complexity index is 1200. The van der Waals surface area contributed by atoms with E-state index in [2.05, 4.69) is 5.32 Å². The predicted molar refractivity (Wildman–Crippen MR) is 108 cm³/mol. The van der Waals surface area contributed by atoms with Gasteiger partial charge in [-0.1, -0.05) is 12.1 Å². The summed E-state index contributed by atoms with van der Waals surface area (Å²) in [6.07, 6.45) is 1.46. The lowest BCUT2D eigenvalue weighted by molar-refractivity contribution is -0.255. The second kappa shape index (κ2) is 8.45. The summed E-state index contributed by atoms with van der Waals surface area (Å²) in [6.45, 7) is 3.64. The van der Waals surface area contributed by atoms with Crippen LogP contribution in [0.25, 0.3) is 11.8 Å². The van der Waals surface area contributed by atoms with Crippen molar-refractivity contribution in [3.63, 3.8) is 0 Å². The van der Waals surface area contributed by atoms with Crippen molar-refractivity contribution in [3.8, 4) is 11.8 Å². The van der Waals surface area contributed by atoms with Crippen molar-refractivity contribution in [3.05, 3.63) is 88.5 Å². The minimum Gasteiger partial charge on any atom is -0.545 e. The molecule has 7 heteroatoms. The summed E-state index contributed by atoms with van der Waals surface area (Å²) in [5.74, 6) is -2.32. The minimum atomic E-state index is -1.27. The molecule has 3 aromatic rings. The number of hydrogen-bond acceptors (Lipinski definition) is 4. The molecule has 0 saturated carbocycles. The number of carbonyl (C=O) groups is 2. The third-order valence-electron chi connectivity index (χ3n) is 4.58. The zero-order valence-corrected chi connectivity index (χ0v) is 16.3. The molecule has 0 aliphatic heterocycles. The number of amides is 1. The number of benzene rings is 2. The van der Waals surface area contributed by atoms with Crippen LogP contribution in [0.4, 0.5) is 10.1 Å². The summed E-state index contributed by atoms with van der Waals surface area (Å²) in [5, 5.41) is 23.2. The second-order valence-corrected chi connectivity index (χ2v) is 6.63. The Morgan fingerprint density at radius 3 is 2.47 bits per heavy atom. The van der Waals surface area contributed by atoms with E-state index in [0.29, 0.717) is 16.9 Å². The van der Waals surface area contributed by atoms with Gasteiger partial charge in [0.25, 0.3) is 5.91 Å². The average molecular weight is 402 g/mol. The third-order valence-corrected chi connectivity index (χ3v) is 4.58. The Kier molecular flexibility index (Phi) is 5.79. The first-order valence-electron chi connectivity index (χ1n) is 8.99. The number of carboxylic acids is 1. The molecule has 0 atom stereocenters. The molecule has 0 unspecified atom stereocenters. The summed E-state index contributed by atoms with van der Waals surface area (Å²) in [7, 11) is 0.